The van der Waals surface area contributed by atoms with Gasteiger partial charge in [-0.15, -0.1) is 11.3 Å². The van der Waals surface area contributed by atoms with Crippen molar-refractivity contribution < 1.29 is 27.6 Å². The molecule has 4 rings (SSSR count). The summed E-state index contributed by atoms with van der Waals surface area (Å²) in [6, 6.07) is 2.17. The Balaban J connectivity index is 1.51. The molecule has 0 atom stereocenters. The number of alkyl halides is 2. The largest absolute Gasteiger partial charge is 0.325 e. The molecular weight excluding hydrogens is 419 g/mol. The quantitative estimate of drug-likeness (QED) is 0.581. The van der Waals surface area contributed by atoms with Crippen molar-refractivity contribution in [3.05, 3.63) is 40.8 Å². The molecule has 1 saturated carbocycles. The van der Waals surface area contributed by atoms with Crippen molar-refractivity contribution in [2.75, 3.05) is 6.54 Å². The van der Waals surface area contributed by atoms with Gasteiger partial charge in [-0.25, -0.2) is 18.0 Å². The molecule has 2 fully saturated rings. The zero-order valence-electron chi connectivity index (χ0n) is 16.0. The van der Waals surface area contributed by atoms with E-state index in [1.165, 1.54) is 12.3 Å². The number of imide groups is 1. The average Bonchev–Trinajstić information content (AvgIpc) is 3.18. The minimum atomic E-state index is -2.85. The van der Waals surface area contributed by atoms with Crippen LogP contribution in [0.4, 0.5) is 18.0 Å². The number of hydrogen-bond acceptors (Lipinski definition) is 5. The maximum atomic E-state index is 13.5. The Morgan fingerprint density at radius 3 is 2.57 bits per heavy atom. The van der Waals surface area contributed by atoms with Gasteiger partial charge in [-0.05, 0) is 37.5 Å². The Hall–Kier alpha value is -2.75. The second-order valence-corrected chi connectivity index (χ2v) is 8.75. The molecule has 0 bridgehead atoms. The first kappa shape index (κ1) is 20.5. The monoisotopic (exact) mass is 437 g/mol. The van der Waals surface area contributed by atoms with Crippen molar-refractivity contribution in [1.82, 2.24) is 15.2 Å². The number of Topliss-reactive ketones (excluding diaryl/α,β-unsaturated/α-hetero) is 1. The van der Waals surface area contributed by atoms with Gasteiger partial charge in [0.25, 0.3) is 5.91 Å². The summed E-state index contributed by atoms with van der Waals surface area (Å²) < 4.78 is 40.4. The number of halogens is 3. The minimum Gasteiger partial charge on any atom is -0.323 e. The summed E-state index contributed by atoms with van der Waals surface area (Å²) in [6.45, 7) is 1.28. The van der Waals surface area contributed by atoms with E-state index >= 15 is 0 Å². The van der Waals surface area contributed by atoms with E-state index in [0.717, 1.165) is 28.0 Å². The van der Waals surface area contributed by atoms with Crippen LogP contribution in [-0.4, -0.2) is 45.6 Å². The molecule has 1 aliphatic carbocycles. The summed E-state index contributed by atoms with van der Waals surface area (Å²) in [7, 11) is 0. The number of urea groups is 1. The predicted molar refractivity (Wildman–Crippen MR) is 103 cm³/mol. The van der Waals surface area contributed by atoms with Crippen LogP contribution in [0.3, 0.4) is 0 Å². The maximum Gasteiger partial charge on any atom is 0.325 e. The lowest BCUT2D eigenvalue weighted by molar-refractivity contribution is -0.135. The molecule has 3 heterocycles. The predicted octanol–water partition coefficient (Wildman–Crippen LogP) is 3.94. The van der Waals surface area contributed by atoms with Gasteiger partial charge in [-0.3, -0.25) is 19.5 Å². The Bertz CT molecular complexity index is 1040. The van der Waals surface area contributed by atoms with Crippen LogP contribution in [0.15, 0.2) is 24.5 Å². The molecule has 0 aromatic carbocycles. The van der Waals surface area contributed by atoms with Gasteiger partial charge in [0.15, 0.2) is 5.78 Å². The number of thiophene rings is 1. The smallest absolute Gasteiger partial charge is 0.323 e. The highest BCUT2D eigenvalue weighted by molar-refractivity contribution is 7.17. The van der Waals surface area contributed by atoms with Crippen molar-refractivity contribution in [3.63, 3.8) is 0 Å². The fraction of sp³-hybridized carbons (Fsp3) is 0.400. The van der Waals surface area contributed by atoms with E-state index < -0.39 is 54.4 Å². The number of aryl methyl sites for hydroxylation is 1. The molecule has 158 valence electrons. The van der Waals surface area contributed by atoms with Gasteiger partial charge < -0.3 is 5.32 Å². The highest BCUT2D eigenvalue weighted by atomic mass is 32.1. The average molecular weight is 437 g/mol. The molecule has 1 N–H and O–H groups in total. The third kappa shape index (κ3) is 3.60. The van der Waals surface area contributed by atoms with E-state index in [1.54, 1.807) is 13.0 Å². The van der Waals surface area contributed by atoms with Crippen molar-refractivity contribution in [1.29, 1.82) is 0 Å². The van der Waals surface area contributed by atoms with Crippen LogP contribution in [0.1, 0.15) is 40.9 Å². The highest BCUT2D eigenvalue weighted by Gasteiger charge is 2.55. The molecule has 2 aromatic heterocycles. The van der Waals surface area contributed by atoms with Crippen molar-refractivity contribution in [3.8, 4) is 10.4 Å². The number of nitrogens with zero attached hydrogens (tertiary/aromatic N) is 2. The third-order valence-electron chi connectivity index (χ3n) is 5.54. The van der Waals surface area contributed by atoms with Crippen LogP contribution >= 0.6 is 11.3 Å². The zero-order chi connectivity index (χ0) is 21.7. The van der Waals surface area contributed by atoms with Gasteiger partial charge in [-0.1, -0.05) is 0 Å². The molecule has 2 aromatic rings. The highest BCUT2D eigenvalue weighted by Crippen LogP contribution is 2.41. The summed E-state index contributed by atoms with van der Waals surface area (Å²) in [5, 5.41) is 2.52. The number of amides is 3. The molecule has 2 aliphatic rings. The summed E-state index contributed by atoms with van der Waals surface area (Å²) >= 11 is 1.12. The fourth-order valence-electron chi connectivity index (χ4n) is 3.86. The van der Waals surface area contributed by atoms with E-state index in [9.17, 15) is 27.6 Å². The van der Waals surface area contributed by atoms with Gasteiger partial charge in [0, 0.05) is 29.5 Å². The first-order valence-corrected chi connectivity index (χ1v) is 10.2. The molecule has 0 radical (unpaired) electrons. The molecular formula is C20H18F3N3O3S. The lowest BCUT2D eigenvalue weighted by Gasteiger charge is -2.34. The number of pyridine rings is 1. The number of carbonyl (C=O) groups is 3. The van der Waals surface area contributed by atoms with Crippen molar-refractivity contribution >= 4 is 29.1 Å². The second kappa shape index (κ2) is 7.19. The molecule has 6 nitrogen and oxygen atoms in total. The molecule has 1 saturated heterocycles. The number of rotatable bonds is 4. The van der Waals surface area contributed by atoms with Crippen molar-refractivity contribution in [2.45, 2.75) is 44.1 Å². The summed E-state index contributed by atoms with van der Waals surface area (Å²) in [5.41, 5.74) is -0.101. The fourth-order valence-corrected chi connectivity index (χ4v) is 4.95. The van der Waals surface area contributed by atoms with Gasteiger partial charge in [0.2, 0.25) is 5.92 Å². The number of aromatic nitrogens is 1. The standard InChI is InChI=1S/C20H18F3N3O3S/c1-11-6-15(30-16(11)12-7-13(21)9-24-8-12)14(27)10-26-17(28)19(25-18(26)29)2-4-20(22,23)5-3-19/h6-9H,2-5,10H2,1H3,(H,25,29). The first-order valence-electron chi connectivity index (χ1n) is 9.37. The van der Waals surface area contributed by atoms with Crippen LogP contribution in [0.2, 0.25) is 0 Å². The van der Waals surface area contributed by atoms with Gasteiger partial charge >= 0.3 is 6.03 Å². The Morgan fingerprint density at radius 1 is 1.20 bits per heavy atom. The van der Waals surface area contributed by atoms with Gasteiger partial charge in [0.1, 0.15) is 11.4 Å². The molecule has 10 heteroatoms. The van der Waals surface area contributed by atoms with Gasteiger partial charge in [0.05, 0.1) is 17.6 Å². The van der Waals surface area contributed by atoms with Crippen LogP contribution in [-0.2, 0) is 4.79 Å². The van der Waals surface area contributed by atoms with E-state index in [4.69, 9.17) is 0 Å². The first-order chi connectivity index (χ1) is 14.1. The van der Waals surface area contributed by atoms with Crippen LogP contribution in [0.5, 0.6) is 0 Å². The number of ketones is 1. The van der Waals surface area contributed by atoms with E-state index in [2.05, 4.69) is 10.3 Å². The number of nitrogens with one attached hydrogen (secondary N) is 1. The van der Waals surface area contributed by atoms with Crippen LogP contribution in [0, 0.1) is 12.7 Å². The second-order valence-electron chi connectivity index (χ2n) is 7.70. The zero-order valence-corrected chi connectivity index (χ0v) is 16.8. The maximum absolute atomic E-state index is 13.5. The van der Waals surface area contributed by atoms with Crippen molar-refractivity contribution in [2.24, 2.45) is 0 Å². The summed E-state index contributed by atoms with van der Waals surface area (Å²) in [6.07, 6.45) is 1.25. The lowest BCUT2D eigenvalue weighted by Crippen LogP contribution is -2.51. The van der Waals surface area contributed by atoms with E-state index in [0.29, 0.717) is 15.3 Å². The number of hydrogen-bond donors (Lipinski definition) is 1. The third-order valence-corrected chi connectivity index (χ3v) is 6.87. The van der Waals surface area contributed by atoms with Crippen LogP contribution in [0.25, 0.3) is 10.4 Å². The molecule has 0 unspecified atom stereocenters. The SMILES string of the molecule is Cc1cc(C(=O)CN2C(=O)NC3(CCC(F)(F)CC3)C2=O)sc1-c1cncc(F)c1. The Kier molecular flexibility index (Phi) is 4.92. The van der Waals surface area contributed by atoms with E-state index in [-0.39, 0.29) is 12.8 Å². The lowest BCUT2D eigenvalue weighted by atomic mass is 9.80. The van der Waals surface area contributed by atoms with E-state index in [1.807, 2.05) is 0 Å². The normalized spacial score (nSPS) is 19.9. The molecule has 30 heavy (non-hydrogen) atoms. The minimum absolute atomic E-state index is 0.163. The number of carbonyl (C=O) groups excluding carboxylic acids is 3. The van der Waals surface area contributed by atoms with Gasteiger partial charge in [-0.2, -0.15) is 0 Å². The Morgan fingerprint density at radius 2 is 1.90 bits per heavy atom. The Labute approximate surface area is 174 Å². The van der Waals surface area contributed by atoms with Crippen LogP contribution < -0.4 is 5.32 Å². The topological polar surface area (TPSA) is 79.4 Å². The summed E-state index contributed by atoms with van der Waals surface area (Å²) in [5.74, 6) is -4.45. The summed E-state index contributed by atoms with van der Waals surface area (Å²) in [4.78, 5) is 43.5. The molecule has 3 amide bonds. The molecule has 1 aliphatic heterocycles. The molecule has 1 spiro atoms.